The third-order valence-corrected chi connectivity index (χ3v) is 4.00. The Balaban J connectivity index is 1.97. The fourth-order valence-corrected chi connectivity index (χ4v) is 2.73. The summed E-state index contributed by atoms with van der Waals surface area (Å²) in [5, 5.41) is 0. The standard InChI is InChI=1S/C21H22FN3/c1-15-4-8-17(9-5-15)21-18(14-25(2)3)13-23-20(24-21)12-16-6-10-19(22)11-7-16/h4-11,13H,12,14H2,1-3H3. The molecular formula is C21H22FN3. The Morgan fingerprint density at radius 2 is 1.64 bits per heavy atom. The molecule has 0 radical (unpaired) electrons. The largest absolute Gasteiger partial charge is 0.305 e. The first-order valence-electron chi connectivity index (χ1n) is 8.32. The first-order chi connectivity index (χ1) is 12.0. The third kappa shape index (κ3) is 4.48. The van der Waals surface area contributed by atoms with Crippen molar-refractivity contribution < 1.29 is 4.39 Å². The van der Waals surface area contributed by atoms with Gasteiger partial charge in [-0.15, -0.1) is 0 Å². The van der Waals surface area contributed by atoms with E-state index in [2.05, 4.69) is 41.1 Å². The van der Waals surface area contributed by atoms with E-state index in [4.69, 9.17) is 4.98 Å². The molecule has 1 heterocycles. The van der Waals surface area contributed by atoms with Crippen molar-refractivity contribution in [2.24, 2.45) is 0 Å². The van der Waals surface area contributed by atoms with Crippen molar-refractivity contribution >= 4 is 0 Å². The number of aryl methyl sites for hydroxylation is 1. The van der Waals surface area contributed by atoms with Gasteiger partial charge >= 0.3 is 0 Å². The second-order valence-electron chi connectivity index (χ2n) is 6.57. The van der Waals surface area contributed by atoms with Crippen molar-refractivity contribution in [3.8, 4) is 11.3 Å². The van der Waals surface area contributed by atoms with E-state index in [-0.39, 0.29) is 5.82 Å². The molecule has 0 aliphatic rings. The quantitative estimate of drug-likeness (QED) is 0.698. The maximum absolute atomic E-state index is 13.1. The van der Waals surface area contributed by atoms with Crippen LogP contribution < -0.4 is 0 Å². The van der Waals surface area contributed by atoms with E-state index in [1.165, 1.54) is 17.7 Å². The number of hydrogen-bond acceptors (Lipinski definition) is 3. The van der Waals surface area contributed by atoms with Gasteiger partial charge in [0.2, 0.25) is 0 Å². The second-order valence-corrected chi connectivity index (χ2v) is 6.57. The highest BCUT2D eigenvalue weighted by atomic mass is 19.1. The third-order valence-electron chi connectivity index (χ3n) is 4.00. The van der Waals surface area contributed by atoms with Crippen LogP contribution in [0.5, 0.6) is 0 Å². The highest BCUT2D eigenvalue weighted by Crippen LogP contribution is 2.23. The van der Waals surface area contributed by atoms with E-state index in [1.807, 2.05) is 20.3 Å². The van der Waals surface area contributed by atoms with Crippen molar-refractivity contribution in [3.05, 3.63) is 83.1 Å². The predicted molar refractivity (Wildman–Crippen MR) is 98.8 cm³/mol. The van der Waals surface area contributed by atoms with E-state index in [9.17, 15) is 4.39 Å². The molecule has 0 bridgehead atoms. The zero-order chi connectivity index (χ0) is 17.8. The highest BCUT2D eigenvalue weighted by Gasteiger charge is 2.11. The van der Waals surface area contributed by atoms with Gasteiger partial charge in [-0.3, -0.25) is 0 Å². The van der Waals surface area contributed by atoms with E-state index in [1.54, 1.807) is 12.1 Å². The zero-order valence-electron chi connectivity index (χ0n) is 14.8. The maximum Gasteiger partial charge on any atom is 0.133 e. The van der Waals surface area contributed by atoms with E-state index < -0.39 is 0 Å². The van der Waals surface area contributed by atoms with Gasteiger partial charge in [0.15, 0.2) is 0 Å². The monoisotopic (exact) mass is 335 g/mol. The zero-order valence-corrected chi connectivity index (χ0v) is 14.8. The van der Waals surface area contributed by atoms with Gasteiger partial charge < -0.3 is 4.90 Å². The SMILES string of the molecule is Cc1ccc(-c2nc(Cc3ccc(F)cc3)ncc2CN(C)C)cc1. The molecule has 0 unspecified atom stereocenters. The molecule has 0 N–H and O–H groups in total. The van der Waals surface area contributed by atoms with Crippen LogP contribution in [-0.4, -0.2) is 29.0 Å². The minimum absolute atomic E-state index is 0.230. The molecule has 3 nitrogen and oxygen atoms in total. The van der Waals surface area contributed by atoms with Crippen molar-refractivity contribution in [1.82, 2.24) is 14.9 Å². The Bertz CT molecular complexity index is 840. The van der Waals surface area contributed by atoms with Crippen LogP contribution in [0, 0.1) is 12.7 Å². The molecule has 0 aliphatic heterocycles. The molecular weight excluding hydrogens is 313 g/mol. The molecule has 0 spiro atoms. The molecule has 3 aromatic rings. The van der Waals surface area contributed by atoms with Crippen LogP contribution in [0.1, 0.15) is 22.5 Å². The fourth-order valence-electron chi connectivity index (χ4n) is 2.73. The molecule has 2 aromatic carbocycles. The number of benzene rings is 2. The fraction of sp³-hybridized carbons (Fsp3) is 0.238. The molecule has 1 aromatic heterocycles. The summed E-state index contributed by atoms with van der Waals surface area (Å²) in [7, 11) is 4.07. The molecule has 25 heavy (non-hydrogen) atoms. The molecule has 0 aliphatic carbocycles. The highest BCUT2D eigenvalue weighted by molar-refractivity contribution is 5.63. The summed E-state index contributed by atoms with van der Waals surface area (Å²) in [6, 6.07) is 14.9. The summed E-state index contributed by atoms with van der Waals surface area (Å²) >= 11 is 0. The number of halogens is 1. The van der Waals surface area contributed by atoms with Gasteiger partial charge in [-0.05, 0) is 38.7 Å². The van der Waals surface area contributed by atoms with Crippen molar-refractivity contribution in [2.45, 2.75) is 19.9 Å². The van der Waals surface area contributed by atoms with E-state index in [0.717, 1.165) is 34.8 Å². The maximum atomic E-state index is 13.1. The summed E-state index contributed by atoms with van der Waals surface area (Å²) < 4.78 is 13.1. The molecule has 0 atom stereocenters. The minimum Gasteiger partial charge on any atom is -0.305 e. The van der Waals surface area contributed by atoms with Crippen LogP contribution in [-0.2, 0) is 13.0 Å². The lowest BCUT2D eigenvalue weighted by Gasteiger charge is -2.14. The number of aromatic nitrogens is 2. The van der Waals surface area contributed by atoms with Crippen LogP contribution >= 0.6 is 0 Å². The lowest BCUT2D eigenvalue weighted by Crippen LogP contribution is -2.13. The lowest BCUT2D eigenvalue weighted by molar-refractivity contribution is 0.401. The molecule has 128 valence electrons. The summed E-state index contributed by atoms with van der Waals surface area (Å²) in [5.74, 6) is 0.510. The lowest BCUT2D eigenvalue weighted by atomic mass is 10.0. The van der Waals surface area contributed by atoms with Crippen LogP contribution in [0.2, 0.25) is 0 Å². The molecule has 0 amide bonds. The Hall–Kier alpha value is -2.59. The van der Waals surface area contributed by atoms with Gasteiger partial charge in [0.05, 0.1) is 5.69 Å². The van der Waals surface area contributed by atoms with Crippen LogP contribution in [0.3, 0.4) is 0 Å². The summed E-state index contributed by atoms with van der Waals surface area (Å²) in [5.41, 5.74) is 5.36. The topological polar surface area (TPSA) is 29.0 Å². The first-order valence-corrected chi connectivity index (χ1v) is 8.32. The average molecular weight is 335 g/mol. The molecule has 3 rings (SSSR count). The summed E-state index contributed by atoms with van der Waals surface area (Å²) in [4.78, 5) is 11.4. The summed E-state index contributed by atoms with van der Waals surface area (Å²) in [6.45, 7) is 2.85. The average Bonchev–Trinajstić information content (AvgIpc) is 2.59. The number of hydrogen-bond donors (Lipinski definition) is 0. The Labute approximate surface area is 148 Å². The van der Waals surface area contributed by atoms with Crippen LogP contribution in [0.4, 0.5) is 4.39 Å². The Morgan fingerprint density at radius 3 is 2.28 bits per heavy atom. The van der Waals surface area contributed by atoms with Crippen LogP contribution in [0.25, 0.3) is 11.3 Å². The molecule has 0 saturated heterocycles. The Kier molecular flexibility index (Phi) is 5.19. The molecule has 4 heteroatoms. The van der Waals surface area contributed by atoms with Crippen molar-refractivity contribution in [1.29, 1.82) is 0 Å². The van der Waals surface area contributed by atoms with Gasteiger partial charge in [-0.2, -0.15) is 0 Å². The van der Waals surface area contributed by atoms with Gasteiger partial charge in [-0.1, -0.05) is 42.0 Å². The van der Waals surface area contributed by atoms with Crippen molar-refractivity contribution in [2.75, 3.05) is 14.1 Å². The van der Waals surface area contributed by atoms with E-state index in [0.29, 0.717) is 6.42 Å². The first kappa shape index (κ1) is 17.2. The molecule has 0 saturated carbocycles. The van der Waals surface area contributed by atoms with Crippen LogP contribution in [0.15, 0.2) is 54.7 Å². The number of nitrogens with zero attached hydrogens (tertiary/aromatic N) is 3. The normalized spacial score (nSPS) is 11.1. The van der Waals surface area contributed by atoms with Gasteiger partial charge in [0, 0.05) is 30.3 Å². The second kappa shape index (κ2) is 7.53. The van der Waals surface area contributed by atoms with E-state index >= 15 is 0 Å². The predicted octanol–water partition coefficient (Wildman–Crippen LogP) is 4.24. The number of rotatable bonds is 5. The molecule has 0 fully saturated rings. The minimum atomic E-state index is -0.230. The summed E-state index contributed by atoms with van der Waals surface area (Å²) in [6.07, 6.45) is 2.49. The van der Waals surface area contributed by atoms with Gasteiger partial charge in [-0.25, -0.2) is 14.4 Å². The Morgan fingerprint density at radius 1 is 0.960 bits per heavy atom. The smallest absolute Gasteiger partial charge is 0.133 e. The van der Waals surface area contributed by atoms with Gasteiger partial charge in [0.25, 0.3) is 0 Å². The van der Waals surface area contributed by atoms with Crippen molar-refractivity contribution in [3.63, 3.8) is 0 Å². The van der Waals surface area contributed by atoms with Gasteiger partial charge in [0.1, 0.15) is 11.6 Å².